The number of pyridine rings is 1. The van der Waals surface area contributed by atoms with Crippen LogP contribution in [0, 0.1) is 0 Å². The van der Waals surface area contributed by atoms with Gasteiger partial charge in [-0.3, -0.25) is 4.98 Å². The largest absolute Gasteiger partial charge is 0.371 e. The van der Waals surface area contributed by atoms with Gasteiger partial charge in [-0.15, -0.1) is 0 Å². The lowest BCUT2D eigenvalue weighted by molar-refractivity contribution is 0.0690. The molecule has 2 fully saturated rings. The van der Waals surface area contributed by atoms with Crippen molar-refractivity contribution in [3.63, 3.8) is 0 Å². The Bertz CT molecular complexity index is 1270. The van der Waals surface area contributed by atoms with E-state index >= 15 is 0 Å². The van der Waals surface area contributed by atoms with E-state index in [4.69, 9.17) is 9.47 Å². The average molecular weight is 470 g/mol. The molecule has 0 bridgehead atoms. The van der Waals surface area contributed by atoms with Crippen molar-refractivity contribution in [2.24, 2.45) is 0 Å². The van der Waals surface area contributed by atoms with Crippen LogP contribution in [0.1, 0.15) is 26.5 Å². The van der Waals surface area contributed by atoms with Gasteiger partial charge < -0.3 is 14.8 Å². The summed E-state index contributed by atoms with van der Waals surface area (Å²) in [5.74, 6) is 0.506. The Morgan fingerprint density at radius 1 is 0.939 bits per heavy atom. The number of hydrogen-bond donors (Lipinski definition) is 2. The molecule has 2 aromatic heterocycles. The molecule has 174 valence electrons. The standard InChI is InChI=1S/C23H27N5O4S/c1-23(2,3)18-9-11-25-22(27-18)26-15-12-31-21-16(13-32-20(15)21)28-33(29,30)17-8-4-6-14-7-5-10-24-19(14)17/h4-11,15-16,20-21,28H,12-13H2,1-3H3,(H,25,26,27)/t15-,16-,20+,21+/m0/s1. The maximum absolute atomic E-state index is 13.2. The Kier molecular flexibility index (Phi) is 5.56. The molecule has 33 heavy (non-hydrogen) atoms. The van der Waals surface area contributed by atoms with Gasteiger partial charge in [0.2, 0.25) is 16.0 Å². The third kappa shape index (κ3) is 4.31. The van der Waals surface area contributed by atoms with Gasteiger partial charge in [-0.25, -0.2) is 23.1 Å². The van der Waals surface area contributed by atoms with Crippen molar-refractivity contribution in [3.05, 3.63) is 54.5 Å². The van der Waals surface area contributed by atoms with Gasteiger partial charge in [0.15, 0.2) is 0 Å². The van der Waals surface area contributed by atoms with Crippen LogP contribution in [0.25, 0.3) is 10.9 Å². The second kappa shape index (κ2) is 8.28. The van der Waals surface area contributed by atoms with Crippen molar-refractivity contribution in [1.82, 2.24) is 19.7 Å². The van der Waals surface area contributed by atoms with Crippen molar-refractivity contribution in [2.45, 2.75) is 55.4 Å². The molecule has 2 aliphatic heterocycles. The number of aromatic nitrogens is 3. The summed E-state index contributed by atoms with van der Waals surface area (Å²) < 4.78 is 41.1. The van der Waals surface area contributed by atoms with Crippen LogP contribution in [-0.2, 0) is 24.9 Å². The first kappa shape index (κ1) is 22.1. The highest BCUT2D eigenvalue weighted by molar-refractivity contribution is 7.89. The van der Waals surface area contributed by atoms with E-state index < -0.39 is 22.2 Å². The molecular formula is C23H27N5O4S. The van der Waals surface area contributed by atoms with Crippen molar-refractivity contribution in [3.8, 4) is 0 Å². The van der Waals surface area contributed by atoms with Gasteiger partial charge in [0.05, 0.1) is 36.5 Å². The molecule has 10 heteroatoms. The van der Waals surface area contributed by atoms with E-state index in [9.17, 15) is 8.42 Å². The van der Waals surface area contributed by atoms with Gasteiger partial charge in [-0.2, -0.15) is 0 Å². The fourth-order valence-electron chi connectivity index (χ4n) is 4.29. The molecule has 0 spiro atoms. The average Bonchev–Trinajstić information content (AvgIpc) is 3.36. The number of ether oxygens (including phenoxy) is 2. The number of nitrogens with one attached hydrogen (secondary N) is 2. The fourth-order valence-corrected chi connectivity index (χ4v) is 5.70. The number of anilines is 1. The van der Waals surface area contributed by atoms with Crippen LogP contribution in [-0.4, -0.2) is 60.9 Å². The van der Waals surface area contributed by atoms with E-state index in [1.165, 1.54) is 0 Å². The molecule has 4 atom stereocenters. The Balaban J connectivity index is 1.31. The molecule has 0 radical (unpaired) electrons. The third-order valence-corrected chi connectivity index (χ3v) is 7.51. The number of hydrogen-bond acceptors (Lipinski definition) is 8. The molecule has 2 N–H and O–H groups in total. The molecule has 0 amide bonds. The summed E-state index contributed by atoms with van der Waals surface area (Å²) in [7, 11) is -3.82. The predicted octanol–water partition coefficient (Wildman–Crippen LogP) is 2.25. The summed E-state index contributed by atoms with van der Waals surface area (Å²) in [4.78, 5) is 13.4. The molecule has 0 unspecified atom stereocenters. The summed E-state index contributed by atoms with van der Waals surface area (Å²) >= 11 is 0. The number of para-hydroxylation sites is 1. The topological polar surface area (TPSA) is 115 Å². The van der Waals surface area contributed by atoms with Crippen molar-refractivity contribution >= 4 is 26.9 Å². The number of sulfonamides is 1. The van der Waals surface area contributed by atoms with E-state index in [1.54, 1.807) is 30.6 Å². The lowest BCUT2D eigenvalue weighted by atomic mass is 9.92. The second-order valence-electron chi connectivity index (χ2n) is 9.42. The van der Waals surface area contributed by atoms with E-state index in [1.807, 2.05) is 18.2 Å². The zero-order chi connectivity index (χ0) is 23.2. The molecule has 5 rings (SSSR count). The van der Waals surface area contributed by atoms with Crippen molar-refractivity contribution < 1.29 is 17.9 Å². The molecule has 0 saturated carbocycles. The minimum atomic E-state index is -3.82. The van der Waals surface area contributed by atoms with Crippen molar-refractivity contribution in [2.75, 3.05) is 18.5 Å². The Hall–Kier alpha value is -2.66. The minimum absolute atomic E-state index is 0.0994. The number of benzene rings is 1. The predicted molar refractivity (Wildman–Crippen MR) is 123 cm³/mol. The first-order valence-electron chi connectivity index (χ1n) is 10.9. The van der Waals surface area contributed by atoms with Crippen LogP contribution in [0.15, 0.2) is 53.7 Å². The monoisotopic (exact) mass is 469 g/mol. The molecular weight excluding hydrogens is 442 g/mol. The smallest absolute Gasteiger partial charge is 0.243 e. The summed E-state index contributed by atoms with van der Waals surface area (Å²) in [6, 6.07) is 9.94. The highest BCUT2D eigenvalue weighted by Crippen LogP contribution is 2.30. The zero-order valence-corrected chi connectivity index (χ0v) is 19.5. The van der Waals surface area contributed by atoms with Gasteiger partial charge in [0.1, 0.15) is 17.1 Å². The molecule has 3 aromatic rings. The Morgan fingerprint density at radius 3 is 2.45 bits per heavy atom. The summed E-state index contributed by atoms with van der Waals surface area (Å²) in [5.41, 5.74) is 1.26. The van der Waals surface area contributed by atoms with Gasteiger partial charge >= 0.3 is 0 Å². The number of nitrogens with zero attached hydrogens (tertiary/aromatic N) is 3. The first-order chi connectivity index (χ1) is 15.7. The fraction of sp³-hybridized carbons (Fsp3) is 0.435. The number of fused-ring (bicyclic) bond motifs is 2. The third-order valence-electron chi connectivity index (χ3n) is 5.98. The summed E-state index contributed by atoms with van der Waals surface area (Å²) in [5, 5.41) is 4.07. The maximum atomic E-state index is 13.2. The maximum Gasteiger partial charge on any atom is 0.243 e. The van der Waals surface area contributed by atoms with E-state index in [0.717, 1.165) is 11.1 Å². The molecule has 1 aromatic carbocycles. The molecule has 4 heterocycles. The van der Waals surface area contributed by atoms with Gasteiger partial charge in [-0.05, 0) is 18.2 Å². The van der Waals surface area contributed by atoms with Gasteiger partial charge in [0, 0.05) is 23.2 Å². The van der Waals surface area contributed by atoms with Crippen LogP contribution in [0.4, 0.5) is 5.95 Å². The van der Waals surface area contributed by atoms with E-state index in [0.29, 0.717) is 18.1 Å². The van der Waals surface area contributed by atoms with Crippen LogP contribution < -0.4 is 10.0 Å². The normalized spacial score (nSPS) is 25.3. The molecule has 2 aliphatic rings. The van der Waals surface area contributed by atoms with Crippen LogP contribution in [0.2, 0.25) is 0 Å². The van der Waals surface area contributed by atoms with Crippen molar-refractivity contribution in [1.29, 1.82) is 0 Å². The first-order valence-corrected chi connectivity index (χ1v) is 12.4. The minimum Gasteiger partial charge on any atom is -0.371 e. The molecule has 2 saturated heterocycles. The quantitative estimate of drug-likeness (QED) is 0.585. The van der Waals surface area contributed by atoms with Gasteiger partial charge in [-0.1, -0.05) is 39.0 Å². The van der Waals surface area contributed by atoms with Gasteiger partial charge in [0.25, 0.3) is 0 Å². The van der Waals surface area contributed by atoms with Crippen LogP contribution in [0.5, 0.6) is 0 Å². The van der Waals surface area contributed by atoms with E-state index in [-0.39, 0.29) is 29.1 Å². The molecule has 0 aliphatic carbocycles. The van der Waals surface area contributed by atoms with E-state index in [2.05, 4.69) is 45.8 Å². The zero-order valence-electron chi connectivity index (χ0n) is 18.7. The van der Waals surface area contributed by atoms with Crippen LogP contribution >= 0.6 is 0 Å². The lowest BCUT2D eigenvalue weighted by Gasteiger charge is -2.21. The lowest BCUT2D eigenvalue weighted by Crippen LogP contribution is -2.44. The van der Waals surface area contributed by atoms with Crippen LogP contribution in [0.3, 0.4) is 0 Å². The second-order valence-corrected chi connectivity index (χ2v) is 11.1. The SMILES string of the molecule is CC(C)(C)c1ccnc(N[C@H]2CO[C@H]3[C@@H]2OC[C@@H]3NS(=O)(=O)c2cccc3cccnc23)n1. The highest BCUT2D eigenvalue weighted by Gasteiger charge is 2.49. The summed E-state index contributed by atoms with van der Waals surface area (Å²) in [6.45, 7) is 6.86. The Labute approximate surface area is 193 Å². The Morgan fingerprint density at radius 2 is 1.67 bits per heavy atom. The molecule has 9 nitrogen and oxygen atoms in total. The summed E-state index contributed by atoms with van der Waals surface area (Å²) in [6.07, 6.45) is 2.59. The number of rotatable bonds is 5. The highest BCUT2D eigenvalue weighted by atomic mass is 32.2.